The van der Waals surface area contributed by atoms with Gasteiger partial charge in [0.05, 0.1) is 18.3 Å². The molecule has 0 aliphatic rings. The molecule has 0 aliphatic heterocycles. The van der Waals surface area contributed by atoms with Crippen LogP contribution in [0.2, 0.25) is 0 Å². The smallest absolute Gasteiger partial charge is 0.0627 e. The van der Waals surface area contributed by atoms with Crippen LogP contribution in [0, 0.1) is 0 Å². The van der Waals surface area contributed by atoms with Gasteiger partial charge in [0.15, 0.2) is 0 Å². The molecule has 0 radical (unpaired) electrons. The second-order valence-corrected chi connectivity index (χ2v) is 2.51. The Hall–Kier alpha value is -1.19. The van der Waals surface area contributed by atoms with Crippen LogP contribution in [0.4, 0.5) is 0 Å². The molecule has 3 heteroatoms. The molecule has 0 saturated heterocycles. The van der Waals surface area contributed by atoms with E-state index in [0.717, 1.165) is 11.3 Å². The number of nitrogens with zero attached hydrogens (tertiary/aromatic N) is 1. The predicted molar refractivity (Wildman–Crippen MR) is 48.3 cm³/mol. The Morgan fingerprint density at radius 3 is 3.08 bits per heavy atom. The number of hydrogen-bond donors (Lipinski definition) is 2. The van der Waals surface area contributed by atoms with Crippen LogP contribution in [0.5, 0.6) is 0 Å². The molecule has 1 aromatic rings. The van der Waals surface area contributed by atoms with Crippen LogP contribution < -0.4 is 5.73 Å². The quantitative estimate of drug-likeness (QED) is 0.692. The zero-order valence-electron chi connectivity index (χ0n) is 6.77. The molecule has 0 spiro atoms. The lowest BCUT2D eigenvalue weighted by atomic mass is 10.1. The van der Waals surface area contributed by atoms with E-state index in [2.05, 4.69) is 11.6 Å². The Morgan fingerprint density at radius 1 is 1.75 bits per heavy atom. The topological polar surface area (TPSA) is 59.1 Å². The van der Waals surface area contributed by atoms with E-state index in [9.17, 15) is 0 Å². The minimum absolute atomic E-state index is 0.0550. The first-order valence-corrected chi connectivity index (χ1v) is 3.72. The van der Waals surface area contributed by atoms with E-state index in [1.165, 1.54) is 0 Å². The van der Waals surface area contributed by atoms with Gasteiger partial charge in [-0.2, -0.15) is 0 Å². The Morgan fingerprint density at radius 2 is 2.50 bits per heavy atom. The first-order valence-electron chi connectivity index (χ1n) is 3.72. The lowest BCUT2D eigenvalue weighted by molar-refractivity contribution is 0.268. The summed E-state index contributed by atoms with van der Waals surface area (Å²) in [5.41, 5.74) is 7.26. The number of aliphatic hydroxyl groups excluding tert-OH is 1. The van der Waals surface area contributed by atoms with Crippen molar-refractivity contribution in [2.45, 2.75) is 6.04 Å². The van der Waals surface area contributed by atoms with Crippen LogP contribution >= 0.6 is 0 Å². The number of aliphatic hydroxyl groups is 1. The predicted octanol–water partition coefficient (Wildman–Crippen LogP) is 0.717. The molecule has 1 rings (SSSR count). The summed E-state index contributed by atoms with van der Waals surface area (Å²) in [6.45, 7) is 3.54. The first-order chi connectivity index (χ1) is 5.77. The molecule has 3 N–H and O–H groups in total. The van der Waals surface area contributed by atoms with Crippen LogP contribution in [0.3, 0.4) is 0 Å². The summed E-state index contributed by atoms with van der Waals surface area (Å²) in [6.07, 6.45) is 3.30. The van der Waals surface area contributed by atoms with Gasteiger partial charge in [0.2, 0.25) is 0 Å². The number of rotatable bonds is 3. The molecule has 1 heterocycles. The van der Waals surface area contributed by atoms with Gasteiger partial charge in [0.1, 0.15) is 0 Å². The van der Waals surface area contributed by atoms with Crippen molar-refractivity contribution in [3.05, 3.63) is 36.2 Å². The van der Waals surface area contributed by atoms with Gasteiger partial charge < -0.3 is 10.8 Å². The molecule has 3 nitrogen and oxygen atoms in total. The summed E-state index contributed by atoms with van der Waals surface area (Å²) in [5.74, 6) is 0. The highest BCUT2D eigenvalue weighted by Crippen LogP contribution is 2.10. The molecular formula is C9H12N2O. The molecule has 0 saturated carbocycles. The van der Waals surface area contributed by atoms with Crippen LogP contribution in [0.15, 0.2) is 24.9 Å². The van der Waals surface area contributed by atoms with Crippen molar-refractivity contribution in [3.8, 4) is 0 Å². The zero-order valence-corrected chi connectivity index (χ0v) is 6.77. The Balaban J connectivity index is 2.93. The molecule has 12 heavy (non-hydrogen) atoms. The highest BCUT2D eigenvalue weighted by atomic mass is 16.3. The number of nitrogens with two attached hydrogens (primary N) is 1. The highest BCUT2D eigenvalue weighted by Gasteiger charge is 2.03. The third kappa shape index (κ3) is 1.90. The van der Waals surface area contributed by atoms with E-state index in [0.29, 0.717) is 0 Å². The molecule has 1 aromatic heterocycles. The highest BCUT2D eigenvalue weighted by molar-refractivity contribution is 5.42. The van der Waals surface area contributed by atoms with E-state index in [1.807, 2.05) is 6.07 Å². The van der Waals surface area contributed by atoms with Gasteiger partial charge in [-0.15, -0.1) is 0 Å². The maximum Gasteiger partial charge on any atom is 0.0627 e. The number of pyridine rings is 1. The van der Waals surface area contributed by atoms with Gasteiger partial charge >= 0.3 is 0 Å². The summed E-state index contributed by atoms with van der Waals surface area (Å²) in [6, 6.07) is 3.27. The summed E-state index contributed by atoms with van der Waals surface area (Å²) in [4.78, 5) is 4.02. The van der Waals surface area contributed by atoms with Gasteiger partial charge in [-0.3, -0.25) is 4.98 Å². The summed E-state index contributed by atoms with van der Waals surface area (Å²) < 4.78 is 0. The third-order valence-electron chi connectivity index (χ3n) is 1.64. The number of aromatic nitrogens is 1. The van der Waals surface area contributed by atoms with E-state index in [-0.39, 0.29) is 12.6 Å². The van der Waals surface area contributed by atoms with Gasteiger partial charge in [-0.25, -0.2) is 0 Å². The molecule has 0 aliphatic carbocycles. The third-order valence-corrected chi connectivity index (χ3v) is 1.64. The second kappa shape index (κ2) is 3.99. The van der Waals surface area contributed by atoms with Crippen molar-refractivity contribution in [1.29, 1.82) is 0 Å². The second-order valence-electron chi connectivity index (χ2n) is 2.51. The van der Waals surface area contributed by atoms with E-state index < -0.39 is 0 Å². The van der Waals surface area contributed by atoms with Gasteiger partial charge in [-0.05, 0) is 23.8 Å². The molecule has 0 fully saturated rings. The summed E-state index contributed by atoms with van der Waals surface area (Å²) in [7, 11) is 0. The fourth-order valence-electron chi connectivity index (χ4n) is 0.913. The number of hydrogen-bond acceptors (Lipinski definition) is 3. The lowest BCUT2D eigenvalue weighted by Crippen LogP contribution is -2.14. The van der Waals surface area contributed by atoms with Crippen molar-refractivity contribution in [2.24, 2.45) is 5.73 Å². The molecule has 1 atom stereocenters. The van der Waals surface area contributed by atoms with E-state index in [1.54, 1.807) is 18.3 Å². The molecular weight excluding hydrogens is 152 g/mol. The van der Waals surface area contributed by atoms with Crippen LogP contribution in [0.25, 0.3) is 6.08 Å². The summed E-state index contributed by atoms with van der Waals surface area (Å²) in [5, 5.41) is 8.78. The van der Waals surface area contributed by atoms with Crippen LogP contribution in [-0.2, 0) is 0 Å². The van der Waals surface area contributed by atoms with Crippen molar-refractivity contribution >= 4 is 6.08 Å². The maximum atomic E-state index is 8.78. The summed E-state index contributed by atoms with van der Waals surface area (Å²) >= 11 is 0. The average Bonchev–Trinajstić information content (AvgIpc) is 2.17. The van der Waals surface area contributed by atoms with Crippen molar-refractivity contribution in [2.75, 3.05) is 6.61 Å². The molecule has 0 amide bonds. The van der Waals surface area contributed by atoms with Crippen LogP contribution in [-0.4, -0.2) is 16.7 Å². The fraction of sp³-hybridized carbons (Fsp3) is 0.222. The van der Waals surface area contributed by atoms with E-state index >= 15 is 0 Å². The van der Waals surface area contributed by atoms with Crippen LogP contribution in [0.1, 0.15) is 17.3 Å². The van der Waals surface area contributed by atoms with Gasteiger partial charge in [0.25, 0.3) is 0 Å². The SMILES string of the molecule is C=Cc1cc([C@H](N)CO)ccn1. The standard InChI is InChI=1S/C9H12N2O/c1-2-8-5-7(3-4-11-8)9(10)6-12/h2-5,9,12H,1,6,10H2/t9-/m1/s1. The Kier molecular flexibility index (Phi) is 2.96. The normalized spacial score (nSPS) is 12.5. The molecule has 0 aromatic carbocycles. The van der Waals surface area contributed by atoms with E-state index in [4.69, 9.17) is 10.8 Å². The molecule has 0 unspecified atom stereocenters. The van der Waals surface area contributed by atoms with Crippen molar-refractivity contribution < 1.29 is 5.11 Å². The maximum absolute atomic E-state index is 8.78. The minimum atomic E-state index is -0.327. The first kappa shape index (κ1) is 8.90. The van der Waals surface area contributed by atoms with Crippen molar-refractivity contribution in [1.82, 2.24) is 4.98 Å². The average molecular weight is 164 g/mol. The monoisotopic (exact) mass is 164 g/mol. The fourth-order valence-corrected chi connectivity index (χ4v) is 0.913. The Bertz CT molecular complexity index is 273. The largest absolute Gasteiger partial charge is 0.394 e. The van der Waals surface area contributed by atoms with Gasteiger partial charge in [0, 0.05) is 6.20 Å². The Labute approximate surface area is 71.6 Å². The lowest BCUT2D eigenvalue weighted by Gasteiger charge is -2.07. The molecule has 64 valence electrons. The van der Waals surface area contributed by atoms with Gasteiger partial charge in [-0.1, -0.05) is 6.58 Å². The zero-order chi connectivity index (χ0) is 8.97. The molecule has 0 bridgehead atoms. The minimum Gasteiger partial charge on any atom is -0.394 e. The van der Waals surface area contributed by atoms with Crippen molar-refractivity contribution in [3.63, 3.8) is 0 Å².